The number of nitrogens with zero attached hydrogens (tertiary/aromatic N) is 3. The lowest BCUT2D eigenvalue weighted by Gasteiger charge is -2.12. The number of phenols is 2. The van der Waals surface area contributed by atoms with Gasteiger partial charge in [-0.15, -0.1) is 0 Å². The number of hydrogen-bond acceptors (Lipinski definition) is 5. The monoisotopic (exact) mass is 397 g/mol. The maximum atomic E-state index is 9.96. The van der Waals surface area contributed by atoms with Crippen LogP contribution >= 0.6 is 0 Å². The molecule has 30 heavy (non-hydrogen) atoms. The highest BCUT2D eigenvalue weighted by atomic mass is 16.3. The number of aromatic nitrogens is 3. The molecule has 0 saturated heterocycles. The molecular formula is C25H23N3O2. The molecule has 3 aromatic carbocycles. The Hall–Kier alpha value is -3.73. The molecule has 0 fully saturated rings. The van der Waals surface area contributed by atoms with E-state index in [0.29, 0.717) is 23.0 Å². The molecule has 0 saturated carbocycles. The van der Waals surface area contributed by atoms with Crippen LogP contribution in [0, 0.1) is 27.7 Å². The summed E-state index contributed by atoms with van der Waals surface area (Å²) < 4.78 is 0. The largest absolute Gasteiger partial charge is 0.504 e. The van der Waals surface area contributed by atoms with Gasteiger partial charge in [-0.1, -0.05) is 47.5 Å². The molecule has 0 radical (unpaired) electrons. The average Bonchev–Trinajstić information content (AvgIpc) is 2.69. The summed E-state index contributed by atoms with van der Waals surface area (Å²) in [4.78, 5) is 14.2. The van der Waals surface area contributed by atoms with Gasteiger partial charge in [-0.25, -0.2) is 15.0 Å². The molecule has 0 aliphatic rings. The van der Waals surface area contributed by atoms with Crippen molar-refractivity contribution in [2.24, 2.45) is 0 Å². The van der Waals surface area contributed by atoms with E-state index in [4.69, 9.17) is 15.0 Å². The van der Waals surface area contributed by atoms with Crippen LogP contribution in [-0.2, 0) is 0 Å². The van der Waals surface area contributed by atoms with Crippen molar-refractivity contribution in [3.05, 3.63) is 76.9 Å². The summed E-state index contributed by atoms with van der Waals surface area (Å²) in [5.41, 5.74) is 6.95. The number of phenolic OH excluding ortho intramolecular Hbond substituents is 2. The van der Waals surface area contributed by atoms with E-state index in [-0.39, 0.29) is 11.5 Å². The molecule has 2 N–H and O–H groups in total. The predicted molar refractivity (Wildman–Crippen MR) is 118 cm³/mol. The SMILES string of the molecule is Cc1ccc(-c2nc(-c3ccc(O)c(O)c3)nc(-c3ccc(C)cc3C)n2)c(C)c1. The maximum absolute atomic E-state index is 9.96. The second kappa shape index (κ2) is 7.59. The third-order valence-corrected chi connectivity index (χ3v) is 5.11. The summed E-state index contributed by atoms with van der Waals surface area (Å²) in [7, 11) is 0. The standard InChI is InChI=1S/C25H23N3O2/c1-14-5-8-19(16(3)11-14)24-26-23(18-7-10-21(29)22(30)13-18)27-25(28-24)20-9-6-15(2)12-17(20)4/h5-13,29-30H,1-4H3. The minimum atomic E-state index is -0.214. The highest BCUT2D eigenvalue weighted by molar-refractivity contribution is 5.70. The minimum Gasteiger partial charge on any atom is -0.504 e. The molecular weight excluding hydrogens is 374 g/mol. The summed E-state index contributed by atoms with van der Waals surface area (Å²) in [6.07, 6.45) is 0. The third kappa shape index (κ3) is 3.74. The van der Waals surface area contributed by atoms with E-state index in [2.05, 4.69) is 26.0 Å². The van der Waals surface area contributed by atoms with E-state index in [0.717, 1.165) is 22.3 Å². The first-order chi connectivity index (χ1) is 14.3. The summed E-state index contributed by atoms with van der Waals surface area (Å²) in [5, 5.41) is 19.6. The van der Waals surface area contributed by atoms with Crippen molar-refractivity contribution in [2.45, 2.75) is 27.7 Å². The molecule has 5 heteroatoms. The van der Waals surface area contributed by atoms with Crippen molar-refractivity contribution < 1.29 is 10.2 Å². The Morgan fingerprint density at radius 2 is 1.03 bits per heavy atom. The zero-order chi connectivity index (χ0) is 21.4. The Bertz CT molecular complexity index is 1200. The lowest BCUT2D eigenvalue weighted by Crippen LogP contribution is -2.02. The number of aromatic hydroxyl groups is 2. The van der Waals surface area contributed by atoms with Crippen molar-refractivity contribution >= 4 is 0 Å². The van der Waals surface area contributed by atoms with Crippen LogP contribution in [0.15, 0.2) is 54.6 Å². The Labute approximate surface area is 175 Å². The van der Waals surface area contributed by atoms with Crippen LogP contribution in [0.1, 0.15) is 22.3 Å². The Morgan fingerprint density at radius 1 is 0.533 bits per heavy atom. The van der Waals surface area contributed by atoms with Crippen molar-refractivity contribution in [2.75, 3.05) is 0 Å². The molecule has 0 aliphatic heterocycles. The van der Waals surface area contributed by atoms with Gasteiger partial charge in [0.1, 0.15) is 0 Å². The van der Waals surface area contributed by atoms with E-state index in [1.165, 1.54) is 23.3 Å². The molecule has 0 unspecified atom stereocenters. The second-order valence-corrected chi connectivity index (χ2v) is 7.65. The highest BCUT2D eigenvalue weighted by Crippen LogP contribution is 2.32. The first-order valence-electron chi connectivity index (χ1n) is 9.75. The van der Waals surface area contributed by atoms with Crippen molar-refractivity contribution in [1.82, 2.24) is 15.0 Å². The molecule has 0 amide bonds. The molecule has 0 aliphatic carbocycles. The summed E-state index contributed by atoms with van der Waals surface area (Å²) in [6, 6.07) is 16.9. The zero-order valence-corrected chi connectivity index (χ0v) is 17.4. The number of aryl methyl sites for hydroxylation is 4. The number of hydrogen-bond donors (Lipinski definition) is 2. The lowest BCUT2D eigenvalue weighted by molar-refractivity contribution is 0.404. The molecule has 1 heterocycles. The maximum Gasteiger partial charge on any atom is 0.164 e. The topological polar surface area (TPSA) is 79.1 Å². The van der Waals surface area contributed by atoms with Crippen LogP contribution in [0.5, 0.6) is 11.5 Å². The van der Waals surface area contributed by atoms with Gasteiger partial charge < -0.3 is 10.2 Å². The zero-order valence-electron chi connectivity index (χ0n) is 17.4. The lowest BCUT2D eigenvalue weighted by atomic mass is 10.0. The Balaban J connectivity index is 1.97. The molecule has 4 aromatic rings. The fourth-order valence-electron chi connectivity index (χ4n) is 3.54. The minimum absolute atomic E-state index is 0.183. The van der Waals surface area contributed by atoms with Crippen molar-refractivity contribution in [1.29, 1.82) is 0 Å². The van der Waals surface area contributed by atoms with Crippen LogP contribution in [0.2, 0.25) is 0 Å². The van der Waals surface area contributed by atoms with Gasteiger partial charge >= 0.3 is 0 Å². The van der Waals surface area contributed by atoms with Crippen LogP contribution in [0.4, 0.5) is 0 Å². The summed E-state index contributed by atoms with van der Waals surface area (Å²) in [6.45, 7) is 8.18. The summed E-state index contributed by atoms with van der Waals surface area (Å²) >= 11 is 0. The molecule has 150 valence electrons. The average molecular weight is 397 g/mol. The van der Waals surface area contributed by atoms with E-state index < -0.39 is 0 Å². The van der Waals surface area contributed by atoms with Gasteiger partial charge in [-0.3, -0.25) is 0 Å². The highest BCUT2D eigenvalue weighted by Gasteiger charge is 2.15. The van der Waals surface area contributed by atoms with Gasteiger partial charge in [0, 0.05) is 16.7 Å². The second-order valence-electron chi connectivity index (χ2n) is 7.65. The molecule has 1 aromatic heterocycles. The van der Waals surface area contributed by atoms with Gasteiger partial charge in [0.05, 0.1) is 0 Å². The van der Waals surface area contributed by atoms with Gasteiger partial charge in [0.2, 0.25) is 0 Å². The van der Waals surface area contributed by atoms with Gasteiger partial charge in [0.15, 0.2) is 29.0 Å². The third-order valence-electron chi connectivity index (χ3n) is 5.11. The van der Waals surface area contributed by atoms with Crippen molar-refractivity contribution in [3.8, 4) is 45.7 Å². The van der Waals surface area contributed by atoms with E-state index in [1.54, 1.807) is 6.07 Å². The Kier molecular flexibility index (Phi) is 4.96. The first-order valence-corrected chi connectivity index (χ1v) is 9.75. The van der Waals surface area contributed by atoms with Crippen LogP contribution in [0.3, 0.4) is 0 Å². The molecule has 0 atom stereocenters. The van der Waals surface area contributed by atoms with Crippen LogP contribution < -0.4 is 0 Å². The molecule has 5 nitrogen and oxygen atoms in total. The number of rotatable bonds is 3. The fourth-order valence-corrected chi connectivity index (χ4v) is 3.54. The van der Waals surface area contributed by atoms with E-state index >= 15 is 0 Å². The van der Waals surface area contributed by atoms with Gasteiger partial charge in [-0.05, 0) is 57.0 Å². The van der Waals surface area contributed by atoms with Crippen molar-refractivity contribution in [3.63, 3.8) is 0 Å². The predicted octanol–water partition coefficient (Wildman–Crippen LogP) is 5.52. The van der Waals surface area contributed by atoms with Crippen LogP contribution in [0.25, 0.3) is 34.2 Å². The summed E-state index contributed by atoms with van der Waals surface area (Å²) in [5.74, 6) is 1.18. The smallest absolute Gasteiger partial charge is 0.164 e. The fraction of sp³-hybridized carbons (Fsp3) is 0.160. The quantitative estimate of drug-likeness (QED) is 0.445. The van der Waals surface area contributed by atoms with E-state index in [1.807, 2.05) is 38.1 Å². The van der Waals surface area contributed by atoms with Gasteiger partial charge in [-0.2, -0.15) is 0 Å². The number of benzene rings is 3. The normalized spacial score (nSPS) is 10.9. The Morgan fingerprint density at radius 3 is 1.50 bits per heavy atom. The molecule has 0 bridgehead atoms. The first kappa shape index (κ1) is 19.6. The van der Waals surface area contributed by atoms with Gasteiger partial charge in [0.25, 0.3) is 0 Å². The molecule has 4 rings (SSSR count). The van der Waals surface area contributed by atoms with E-state index in [9.17, 15) is 10.2 Å². The molecule has 0 spiro atoms. The van der Waals surface area contributed by atoms with Crippen LogP contribution in [-0.4, -0.2) is 25.2 Å².